The van der Waals surface area contributed by atoms with E-state index in [0.29, 0.717) is 0 Å². The van der Waals surface area contributed by atoms with E-state index in [4.69, 9.17) is 0 Å². The van der Waals surface area contributed by atoms with Gasteiger partial charge in [0, 0.05) is 5.56 Å². The molecular formula is C11H12F3NO2. The lowest BCUT2D eigenvalue weighted by Crippen LogP contribution is -2.22. The van der Waals surface area contributed by atoms with Gasteiger partial charge in [0.05, 0.1) is 6.54 Å². The van der Waals surface area contributed by atoms with E-state index in [2.05, 4.69) is 4.74 Å². The fourth-order valence-corrected chi connectivity index (χ4v) is 1.25. The van der Waals surface area contributed by atoms with E-state index in [1.165, 1.54) is 12.1 Å². The molecule has 0 atom stereocenters. The van der Waals surface area contributed by atoms with Crippen LogP contribution >= 0.6 is 0 Å². The van der Waals surface area contributed by atoms with Gasteiger partial charge in [-0.05, 0) is 26.2 Å². The molecule has 0 saturated heterocycles. The van der Waals surface area contributed by atoms with Gasteiger partial charge in [-0.3, -0.25) is 4.79 Å². The Bertz CT molecular complexity index is 402. The topological polar surface area (TPSA) is 29.5 Å². The average Bonchev–Trinajstić information content (AvgIpc) is 2.14. The third kappa shape index (κ3) is 4.86. The molecule has 1 aromatic carbocycles. The summed E-state index contributed by atoms with van der Waals surface area (Å²) >= 11 is 0. The lowest BCUT2D eigenvalue weighted by atomic mass is 10.1. The fourth-order valence-electron chi connectivity index (χ4n) is 1.25. The summed E-state index contributed by atoms with van der Waals surface area (Å²) in [6.07, 6.45) is -4.75. The largest absolute Gasteiger partial charge is 0.573 e. The molecule has 0 unspecified atom stereocenters. The van der Waals surface area contributed by atoms with Gasteiger partial charge in [0.2, 0.25) is 0 Å². The summed E-state index contributed by atoms with van der Waals surface area (Å²) in [7, 11) is 3.40. The molecule has 0 aliphatic rings. The van der Waals surface area contributed by atoms with Gasteiger partial charge in [0.25, 0.3) is 0 Å². The molecule has 0 heterocycles. The normalized spacial score (nSPS) is 11.6. The molecular weight excluding hydrogens is 235 g/mol. The van der Waals surface area contributed by atoms with Crippen molar-refractivity contribution in [1.82, 2.24) is 4.90 Å². The zero-order valence-electron chi connectivity index (χ0n) is 9.41. The van der Waals surface area contributed by atoms with Crippen molar-refractivity contribution >= 4 is 5.78 Å². The number of likely N-dealkylation sites (N-methyl/N-ethyl adjacent to an activating group) is 1. The zero-order chi connectivity index (χ0) is 13.1. The van der Waals surface area contributed by atoms with Gasteiger partial charge in [-0.25, -0.2) is 0 Å². The Kier molecular flexibility index (Phi) is 4.11. The second kappa shape index (κ2) is 5.18. The van der Waals surface area contributed by atoms with Crippen LogP contribution in [-0.2, 0) is 0 Å². The smallest absolute Gasteiger partial charge is 0.406 e. The highest BCUT2D eigenvalue weighted by Crippen LogP contribution is 2.23. The summed E-state index contributed by atoms with van der Waals surface area (Å²) in [5.74, 6) is -0.648. The number of benzene rings is 1. The average molecular weight is 247 g/mol. The highest BCUT2D eigenvalue weighted by molar-refractivity contribution is 5.97. The molecule has 6 heteroatoms. The first-order valence-corrected chi connectivity index (χ1v) is 4.81. The minimum atomic E-state index is -4.75. The van der Waals surface area contributed by atoms with Crippen LogP contribution in [0.3, 0.4) is 0 Å². The maximum absolute atomic E-state index is 12.0. The standard InChI is InChI=1S/C11H12F3NO2/c1-15(2)7-10(16)8-4-3-5-9(6-8)17-11(12,13)14/h3-6H,7H2,1-2H3. The van der Waals surface area contributed by atoms with Crippen molar-refractivity contribution < 1.29 is 22.7 Å². The summed E-state index contributed by atoms with van der Waals surface area (Å²) in [5.41, 5.74) is 0.195. The summed E-state index contributed by atoms with van der Waals surface area (Å²) in [6.45, 7) is 0.134. The van der Waals surface area contributed by atoms with Gasteiger partial charge < -0.3 is 9.64 Å². The first-order chi connectivity index (χ1) is 7.78. The number of Topliss-reactive ketones (excluding diaryl/α,β-unsaturated/α-hetero) is 1. The molecule has 0 aliphatic carbocycles. The number of nitrogens with zero attached hydrogens (tertiary/aromatic N) is 1. The number of alkyl halides is 3. The quantitative estimate of drug-likeness (QED) is 0.765. The van der Waals surface area contributed by atoms with Gasteiger partial charge in [0.15, 0.2) is 5.78 Å². The monoisotopic (exact) mass is 247 g/mol. The van der Waals surface area contributed by atoms with Crippen LogP contribution in [0.2, 0.25) is 0 Å². The third-order valence-corrected chi connectivity index (χ3v) is 1.85. The van der Waals surface area contributed by atoms with Crippen molar-refractivity contribution in [1.29, 1.82) is 0 Å². The number of carbonyl (C=O) groups excluding carboxylic acids is 1. The van der Waals surface area contributed by atoms with Gasteiger partial charge >= 0.3 is 6.36 Å². The molecule has 0 aliphatic heterocycles. The number of rotatable bonds is 4. The number of halogens is 3. The number of hydrogen-bond acceptors (Lipinski definition) is 3. The van der Waals surface area contributed by atoms with E-state index in [-0.39, 0.29) is 23.6 Å². The second-order valence-electron chi connectivity index (χ2n) is 3.74. The van der Waals surface area contributed by atoms with Crippen LogP contribution in [0.15, 0.2) is 24.3 Å². The lowest BCUT2D eigenvalue weighted by molar-refractivity contribution is -0.274. The number of ketones is 1. The Morgan fingerprint density at radius 1 is 1.35 bits per heavy atom. The van der Waals surface area contributed by atoms with Crippen molar-refractivity contribution in [2.45, 2.75) is 6.36 Å². The molecule has 1 aromatic rings. The van der Waals surface area contributed by atoms with Crippen LogP contribution < -0.4 is 4.74 Å². The Hall–Kier alpha value is -1.56. The molecule has 0 spiro atoms. The number of carbonyl (C=O) groups is 1. The third-order valence-electron chi connectivity index (χ3n) is 1.85. The highest BCUT2D eigenvalue weighted by atomic mass is 19.4. The second-order valence-corrected chi connectivity index (χ2v) is 3.74. The molecule has 0 saturated carbocycles. The van der Waals surface area contributed by atoms with Crippen molar-refractivity contribution in [3.63, 3.8) is 0 Å². The maximum atomic E-state index is 12.0. The van der Waals surface area contributed by atoms with Gasteiger partial charge in [0.1, 0.15) is 5.75 Å². The maximum Gasteiger partial charge on any atom is 0.573 e. The first kappa shape index (κ1) is 13.5. The van der Waals surface area contributed by atoms with Crippen LogP contribution in [0.1, 0.15) is 10.4 Å². The Balaban J connectivity index is 2.82. The molecule has 0 bridgehead atoms. The van der Waals surface area contributed by atoms with Crippen molar-refractivity contribution in [3.05, 3.63) is 29.8 Å². The Morgan fingerprint density at radius 2 is 2.00 bits per heavy atom. The molecule has 0 amide bonds. The molecule has 0 fully saturated rings. The van der Waals surface area contributed by atoms with Crippen LogP contribution in [0.4, 0.5) is 13.2 Å². The highest BCUT2D eigenvalue weighted by Gasteiger charge is 2.31. The molecule has 94 valence electrons. The van der Waals surface area contributed by atoms with Crippen molar-refractivity contribution in [2.75, 3.05) is 20.6 Å². The Labute approximate surface area is 96.8 Å². The fraction of sp³-hybridized carbons (Fsp3) is 0.364. The predicted molar refractivity (Wildman–Crippen MR) is 56.0 cm³/mol. The minimum absolute atomic E-state index is 0.134. The van der Waals surface area contributed by atoms with Crippen molar-refractivity contribution in [3.8, 4) is 5.75 Å². The SMILES string of the molecule is CN(C)CC(=O)c1cccc(OC(F)(F)F)c1. The summed E-state index contributed by atoms with van der Waals surface area (Å²) in [5, 5.41) is 0. The van der Waals surface area contributed by atoms with E-state index in [1.807, 2.05) is 0 Å². The minimum Gasteiger partial charge on any atom is -0.406 e. The molecule has 0 N–H and O–H groups in total. The molecule has 0 aromatic heterocycles. The lowest BCUT2D eigenvalue weighted by Gasteiger charge is -2.11. The van der Waals surface area contributed by atoms with E-state index in [9.17, 15) is 18.0 Å². The van der Waals surface area contributed by atoms with Crippen LogP contribution in [0.5, 0.6) is 5.75 Å². The van der Waals surface area contributed by atoms with E-state index in [0.717, 1.165) is 12.1 Å². The van der Waals surface area contributed by atoms with Crippen LogP contribution in [0, 0.1) is 0 Å². The van der Waals surface area contributed by atoms with E-state index in [1.54, 1.807) is 19.0 Å². The summed E-state index contributed by atoms with van der Waals surface area (Å²) < 4.78 is 39.6. The number of hydrogen-bond donors (Lipinski definition) is 0. The van der Waals surface area contributed by atoms with Gasteiger partial charge in [-0.1, -0.05) is 12.1 Å². The molecule has 17 heavy (non-hydrogen) atoms. The van der Waals surface area contributed by atoms with E-state index < -0.39 is 6.36 Å². The molecule has 1 rings (SSSR count). The molecule has 3 nitrogen and oxygen atoms in total. The van der Waals surface area contributed by atoms with Gasteiger partial charge in [-0.15, -0.1) is 13.2 Å². The first-order valence-electron chi connectivity index (χ1n) is 4.81. The molecule has 0 radical (unpaired) electrons. The predicted octanol–water partition coefficient (Wildman–Crippen LogP) is 2.33. The number of ether oxygens (including phenoxy) is 1. The van der Waals surface area contributed by atoms with Crippen LogP contribution in [-0.4, -0.2) is 37.7 Å². The van der Waals surface area contributed by atoms with Crippen LogP contribution in [0.25, 0.3) is 0 Å². The summed E-state index contributed by atoms with van der Waals surface area (Å²) in [6, 6.07) is 5.04. The summed E-state index contributed by atoms with van der Waals surface area (Å²) in [4.78, 5) is 13.2. The van der Waals surface area contributed by atoms with E-state index >= 15 is 0 Å². The Morgan fingerprint density at radius 3 is 2.53 bits per heavy atom. The zero-order valence-corrected chi connectivity index (χ0v) is 9.41. The van der Waals surface area contributed by atoms with Gasteiger partial charge in [-0.2, -0.15) is 0 Å². The van der Waals surface area contributed by atoms with Crippen molar-refractivity contribution in [2.24, 2.45) is 0 Å².